The molecule has 0 radical (unpaired) electrons. The molecule has 0 saturated heterocycles. The Morgan fingerprint density at radius 2 is 1.80 bits per heavy atom. The number of unbranched alkanes of at least 4 members (excludes halogenated alkanes) is 5. The number of aromatic nitrogens is 5. The summed E-state index contributed by atoms with van der Waals surface area (Å²) in [4.78, 5) is 51.0. The van der Waals surface area contributed by atoms with Gasteiger partial charge in [0.2, 0.25) is 11.8 Å². The van der Waals surface area contributed by atoms with Crippen molar-refractivity contribution in [1.29, 1.82) is 0 Å². The minimum absolute atomic E-state index is 0.0728. The summed E-state index contributed by atoms with van der Waals surface area (Å²) in [6.07, 6.45) is 8.36. The molecular weight excluding hydrogens is 584 g/mol. The van der Waals surface area contributed by atoms with E-state index in [0.29, 0.717) is 61.3 Å². The van der Waals surface area contributed by atoms with Gasteiger partial charge >= 0.3 is 0 Å². The van der Waals surface area contributed by atoms with Crippen LogP contribution in [0.1, 0.15) is 87.3 Å². The summed E-state index contributed by atoms with van der Waals surface area (Å²) in [5, 5.41) is 17.1. The van der Waals surface area contributed by atoms with Gasteiger partial charge in [-0.1, -0.05) is 31.7 Å². The number of fused-ring (bicyclic) bond motifs is 1. The second-order valence-corrected chi connectivity index (χ2v) is 11.9. The minimum Gasteiger partial charge on any atom is -0.359 e. The van der Waals surface area contributed by atoms with Crippen LogP contribution in [0.15, 0.2) is 30.6 Å². The maximum absolute atomic E-state index is 13.8. The molecule has 1 aliphatic heterocycles. The van der Waals surface area contributed by atoms with Gasteiger partial charge in [-0.25, -0.2) is 9.97 Å². The number of amides is 3. The Kier molecular flexibility index (Phi) is 12.6. The lowest BCUT2D eigenvalue weighted by atomic mass is 10.1. The molecule has 4 rings (SSSR count). The number of hydrogen-bond donors (Lipinski definition) is 3. The Labute approximate surface area is 271 Å². The van der Waals surface area contributed by atoms with Crippen LogP contribution in [-0.4, -0.2) is 75.7 Å². The van der Waals surface area contributed by atoms with E-state index in [4.69, 9.17) is 9.97 Å². The van der Waals surface area contributed by atoms with E-state index in [1.165, 1.54) is 0 Å². The van der Waals surface area contributed by atoms with Crippen LogP contribution < -0.4 is 25.8 Å². The van der Waals surface area contributed by atoms with Crippen molar-refractivity contribution in [3.8, 4) is 11.5 Å². The molecule has 3 N–H and O–H groups in total. The maximum Gasteiger partial charge on any atom is 0.260 e. The Bertz CT molecular complexity index is 1490. The van der Waals surface area contributed by atoms with Gasteiger partial charge in [-0.3, -0.25) is 19.3 Å². The number of pyridine rings is 2. The summed E-state index contributed by atoms with van der Waals surface area (Å²) in [5.74, 6) is 1.77. The van der Waals surface area contributed by atoms with Crippen LogP contribution in [0, 0.1) is 0 Å². The summed E-state index contributed by atoms with van der Waals surface area (Å²) in [6, 6.07) is 7.59. The molecule has 0 aromatic carbocycles. The molecular formula is C33H48N10O3. The first kappa shape index (κ1) is 34.5. The fraction of sp³-hybridized carbons (Fsp3) is 0.545. The van der Waals surface area contributed by atoms with Gasteiger partial charge in [0.25, 0.3) is 5.91 Å². The van der Waals surface area contributed by atoms with Gasteiger partial charge in [-0.15, -0.1) is 10.2 Å². The number of hydrogen-bond acceptors (Lipinski definition) is 9. The minimum atomic E-state index is -0.136. The number of nitrogens with zero attached hydrogens (tertiary/aromatic N) is 7. The molecule has 3 amide bonds. The summed E-state index contributed by atoms with van der Waals surface area (Å²) in [7, 11) is 3.62. The van der Waals surface area contributed by atoms with Gasteiger partial charge in [-0.2, -0.15) is 0 Å². The van der Waals surface area contributed by atoms with E-state index < -0.39 is 0 Å². The van der Waals surface area contributed by atoms with Crippen molar-refractivity contribution in [2.24, 2.45) is 0 Å². The fourth-order valence-corrected chi connectivity index (χ4v) is 5.34. The second-order valence-electron chi connectivity index (χ2n) is 11.9. The predicted octanol–water partition coefficient (Wildman–Crippen LogP) is 3.44. The van der Waals surface area contributed by atoms with E-state index in [9.17, 15) is 14.4 Å². The number of rotatable bonds is 18. The average Bonchev–Trinajstić information content (AvgIpc) is 3.68. The van der Waals surface area contributed by atoms with E-state index in [1.54, 1.807) is 18.3 Å². The number of aryl methyl sites for hydroxylation is 1. The predicted molar refractivity (Wildman–Crippen MR) is 178 cm³/mol. The van der Waals surface area contributed by atoms with Crippen LogP contribution in [0.5, 0.6) is 0 Å². The number of carbonyl (C=O) groups excluding carboxylic acids is 3. The van der Waals surface area contributed by atoms with Gasteiger partial charge in [0.1, 0.15) is 23.7 Å². The third kappa shape index (κ3) is 8.87. The van der Waals surface area contributed by atoms with Crippen LogP contribution in [0.3, 0.4) is 0 Å². The summed E-state index contributed by atoms with van der Waals surface area (Å²) < 4.78 is 1.91. The van der Waals surface area contributed by atoms with Crippen LogP contribution in [0.25, 0.3) is 11.5 Å². The Balaban J connectivity index is 1.35. The molecule has 13 nitrogen and oxygen atoms in total. The average molecular weight is 633 g/mol. The number of carbonyl (C=O) groups is 3. The molecule has 3 aromatic heterocycles. The molecule has 0 spiro atoms. The van der Waals surface area contributed by atoms with E-state index >= 15 is 0 Å². The molecule has 0 aliphatic carbocycles. The zero-order valence-electron chi connectivity index (χ0n) is 27.8. The molecule has 4 heterocycles. The highest BCUT2D eigenvalue weighted by Crippen LogP contribution is 2.32. The van der Waals surface area contributed by atoms with Crippen molar-refractivity contribution in [1.82, 2.24) is 40.7 Å². The first-order valence-corrected chi connectivity index (χ1v) is 16.3. The van der Waals surface area contributed by atoms with Crippen LogP contribution in [0.4, 0.5) is 11.6 Å². The summed E-state index contributed by atoms with van der Waals surface area (Å²) >= 11 is 0. The molecule has 13 heteroatoms. The summed E-state index contributed by atoms with van der Waals surface area (Å²) in [5.41, 5.74) is 2.81. The van der Waals surface area contributed by atoms with Crippen LogP contribution in [-0.2, 0) is 29.2 Å². The Hall–Kier alpha value is -4.39. The van der Waals surface area contributed by atoms with Crippen LogP contribution >= 0.6 is 0 Å². The highest BCUT2D eigenvalue weighted by Gasteiger charge is 2.33. The third-order valence-electron chi connectivity index (χ3n) is 8.33. The fourth-order valence-electron chi connectivity index (χ4n) is 5.34. The van der Waals surface area contributed by atoms with E-state index in [1.807, 2.05) is 47.7 Å². The van der Waals surface area contributed by atoms with Crippen molar-refractivity contribution in [3.05, 3.63) is 47.4 Å². The van der Waals surface area contributed by atoms with Crippen molar-refractivity contribution < 1.29 is 14.4 Å². The first-order chi connectivity index (χ1) is 22.2. The van der Waals surface area contributed by atoms with Gasteiger partial charge in [0.15, 0.2) is 5.82 Å². The third-order valence-corrected chi connectivity index (χ3v) is 8.33. The maximum atomic E-state index is 13.8. The molecule has 0 unspecified atom stereocenters. The summed E-state index contributed by atoms with van der Waals surface area (Å²) in [6.45, 7) is 8.32. The molecule has 0 saturated carbocycles. The smallest absolute Gasteiger partial charge is 0.260 e. The largest absolute Gasteiger partial charge is 0.359 e. The molecule has 0 bridgehead atoms. The van der Waals surface area contributed by atoms with E-state index in [0.717, 1.165) is 49.8 Å². The zero-order chi connectivity index (χ0) is 33.1. The zero-order valence-corrected chi connectivity index (χ0v) is 27.8. The Morgan fingerprint density at radius 3 is 2.54 bits per heavy atom. The molecule has 46 heavy (non-hydrogen) atoms. The van der Waals surface area contributed by atoms with Crippen molar-refractivity contribution >= 4 is 29.4 Å². The molecule has 248 valence electrons. The van der Waals surface area contributed by atoms with Crippen molar-refractivity contribution in [3.63, 3.8) is 0 Å². The van der Waals surface area contributed by atoms with Crippen molar-refractivity contribution in [2.45, 2.75) is 91.4 Å². The quantitative estimate of drug-likeness (QED) is 0.179. The Morgan fingerprint density at radius 1 is 1.04 bits per heavy atom. The lowest BCUT2D eigenvalue weighted by Crippen LogP contribution is -2.34. The normalized spacial score (nSPS) is 12.5. The lowest BCUT2D eigenvalue weighted by Gasteiger charge is -2.24. The van der Waals surface area contributed by atoms with Gasteiger partial charge in [0, 0.05) is 51.8 Å². The molecule has 0 fully saturated rings. The highest BCUT2D eigenvalue weighted by atomic mass is 16.2. The molecule has 0 atom stereocenters. The molecule has 3 aromatic rings. The SMILES string of the molecule is CCn1cnnc1-c1cccc(N2Cc3c(cc(N(C)C(C)C)nc3CNCC(=O)NCCCCCCCCC(=O)NC)C2=O)n1. The van der Waals surface area contributed by atoms with Gasteiger partial charge < -0.3 is 25.4 Å². The monoisotopic (exact) mass is 632 g/mol. The lowest BCUT2D eigenvalue weighted by molar-refractivity contribution is -0.121. The number of anilines is 2. The highest BCUT2D eigenvalue weighted by molar-refractivity contribution is 6.10. The van der Waals surface area contributed by atoms with Gasteiger partial charge in [-0.05, 0) is 51.8 Å². The number of nitrogens with one attached hydrogen (secondary N) is 3. The van der Waals surface area contributed by atoms with Crippen molar-refractivity contribution in [2.75, 3.05) is 37.0 Å². The topological polar surface area (TPSA) is 150 Å². The second kappa shape index (κ2) is 16.8. The van der Waals surface area contributed by atoms with Gasteiger partial charge in [0.05, 0.1) is 24.3 Å². The first-order valence-electron chi connectivity index (χ1n) is 16.3. The van der Waals surface area contributed by atoms with Crippen LogP contribution in [0.2, 0.25) is 0 Å². The standard InChI is InChI=1S/C33H48N10O3/c1-6-42-22-37-40-32(42)26-14-13-15-28(38-26)43-21-25-24(33(43)46)18-29(41(5)23(2)3)39-27(25)19-35-20-31(45)36-17-12-10-8-7-9-11-16-30(44)34-4/h13-15,18,22-23,35H,6-12,16-17,19-21H2,1-5H3,(H,34,44)(H,36,45). The van der Waals surface area contributed by atoms with E-state index in [-0.39, 0.29) is 30.3 Å². The van der Waals surface area contributed by atoms with E-state index in [2.05, 4.69) is 40.0 Å². The molecule has 1 aliphatic rings.